The summed E-state index contributed by atoms with van der Waals surface area (Å²) in [7, 11) is 0. The van der Waals surface area contributed by atoms with Crippen LogP contribution in [0.1, 0.15) is 22.8 Å². The van der Waals surface area contributed by atoms with Crippen molar-refractivity contribution in [1.82, 2.24) is 0 Å². The first-order valence-electron chi connectivity index (χ1n) is 4.81. The fourth-order valence-corrected chi connectivity index (χ4v) is 1.47. The monoisotopic (exact) mass is 247 g/mol. The summed E-state index contributed by atoms with van der Waals surface area (Å²) in [4.78, 5) is 10.5. The second-order valence-electron chi connectivity index (χ2n) is 3.72. The van der Waals surface area contributed by atoms with Crippen LogP contribution < -0.4 is 5.73 Å². The van der Waals surface area contributed by atoms with E-state index in [1.165, 1.54) is 19.1 Å². The van der Waals surface area contributed by atoms with Gasteiger partial charge >= 0.3 is 12.3 Å². The van der Waals surface area contributed by atoms with E-state index in [9.17, 15) is 18.0 Å². The lowest BCUT2D eigenvalue weighted by molar-refractivity contribution is -0.205. The van der Waals surface area contributed by atoms with Crippen molar-refractivity contribution in [2.45, 2.75) is 26.1 Å². The number of benzene rings is 1. The molecule has 0 heterocycles. The molecule has 1 aromatic carbocycles. The second-order valence-corrected chi connectivity index (χ2v) is 3.72. The van der Waals surface area contributed by atoms with Gasteiger partial charge in [0.25, 0.3) is 0 Å². The Labute approximate surface area is 96.4 Å². The van der Waals surface area contributed by atoms with Crippen LogP contribution in [0.4, 0.5) is 18.0 Å². The highest BCUT2D eigenvalue weighted by Crippen LogP contribution is 2.37. The third-order valence-electron chi connectivity index (χ3n) is 2.25. The Hall–Kier alpha value is -1.72. The predicted molar refractivity (Wildman–Crippen MR) is 55.4 cm³/mol. The predicted octanol–water partition coefficient (Wildman–Crippen LogP) is 3.00. The van der Waals surface area contributed by atoms with Gasteiger partial charge in [-0.1, -0.05) is 23.8 Å². The van der Waals surface area contributed by atoms with E-state index in [0.717, 1.165) is 0 Å². The van der Waals surface area contributed by atoms with E-state index in [0.29, 0.717) is 11.1 Å². The summed E-state index contributed by atoms with van der Waals surface area (Å²) in [5, 5.41) is 0. The lowest BCUT2D eigenvalue weighted by atomic mass is 10.0. The Morgan fingerprint density at radius 2 is 1.94 bits per heavy atom. The lowest BCUT2D eigenvalue weighted by Crippen LogP contribution is -2.29. The highest BCUT2D eigenvalue weighted by atomic mass is 19.4. The van der Waals surface area contributed by atoms with E-state index < -0.39 is 18.4 Å². The van der Waals surface area contributed by atoms with E-state index in [-0.39, 0.29) is 5.56 Å². The first kappa shape index (κ1) is 13.3. The van der Waals surface area contributed by atoms with Gasteiger partial charge in [0.1, 0.15) is 0 Å². The van der Waals surface area contributed by atoms with Crippen LogP contribution in [0.25, 0.3) is 0 Å². The molecule has 0 aliphatic rings. The fraction of sp³-hybridized carbons (Fsp3) is 0.364. The molecule has 0 radical (unpaired) electrons. The maximum Gasteiger partial charge on any atom is 0.429 e. The van der Waals surface area contributed by atoms with Gasteiger partial charge in [0, 0.05) is 5.56 Å². The molecule has 0 fully saturated rings. The van der Waals surface area contributed by atoms with Gasteiger partial charge in [-0.05, 0) is 19.4 Å². The highest BCUT2D eigenvalue weighted by Gasteiger charge is 2.44. The van der Waals surface area contributed by atoms with Gasteiger partial charge < -0.3 is 10.5 Å². The van der Waals surface area contributed by atoms with Gasteiger partial charge in [-0.3, -0.25) is 0 Å². The molecule has 1 atom stereocenters. The second kappa shape index (κ2) is 4.65. The number of carbonyl (C=O) groups excluding carboxylic acids is 1. The van der Waals surface area contributed by atoms with Gasteiger partial charge in [0.05, 0.1) is 0 Å². The molecule has 0 bridgehead atoms. The van der Waals surface area contributed by atoms with Gasteiger partial charge in [-0.2, -0.15) is 13.2 Å². The van der Waals surface area contributed by atoms with E-state index in [4.69, 9.17) is 0 Å². The Morgan fingerprint density at radius 1 is 1.35 bits per heavy atom. The van der Waals surface area contributed by atoms with Gasteiger partial charge in [0.2, 0.25) is 6.10 Å². The van der Waals surface area contributed by atoms with Crippen molar-refractivity contribution in [3.05, 3.63) is 34.9 Å². The zero-order valence-electron chi connectivity index (χ0n) is 9.34. The zero-order chi connectivity index (χ0) is 13.2. The lowest BCUT2D eigenvalue weighted by Gasteiger charge is -2.21. The minimum absolute atomic E-state index is 0.101. The summed E-state index contributed by atoms with van der Waals surface area (Å²) >= 11 is 0. The topological polar surface area (TPSA) is 52.3 Å². The number of ether oxygens (including phenoxy) is 1. The molecule has 0 spiro atoms. The van der Waals surface area contributed by atoms with E-state index in [1.54, 1.807) is 13.0 Å². The van der Waals surface area contributed by atoms with Crippen LogP contribution in [-0.4, -0.2) is 12.3 Å². The summed E-state index contributed by atoms with van der Waals surface area (Å²) in [5.41, 5.74) is 5.59. The average Bonchev–Trinajstić information content (AvgIpc) is 2.16. The molecule has 1 amide bonds. The molecular weight excluding hydrogens is 235 g/mol. The molecule has 0 saturated heterocycles. The number of nitrogens with two attached hydrogens (primary N) is 1. The number of aryl methyl sites for hydroxylation is 2. The van der Waals surface area contributed by atoms with Crippen LogP contribution >= 0.6 is 0 Å². The number of carbonyl (C=O) groups is 1. The maximum absolute atomic E-state index is 12.7. The first-order chi connectivity index (χ1) is 7.71. The third kappa shape index (κ3) is 3.37. The van der Waals surface area contributed by atoms with Crippen molar-refractivity contribution in [1.29, 1.82) is 0 Å². The van der Waals surface area contributed by atoms with E-state index >= 15 is 0 Å². The summed E-state index contributed by atoms with van der Waals surface area (Å²) in [6.07, 6.45) is -8.46. The summed E-state index contributed by atoms with van der Waals surface area (Å²) in [5.74, 6) is 0. The molecule has 1 aromatic rings. The number of primary amides is 1. The zero-order valence-corrected chi connectivity index (χ0v) is 9.34. The molecule has 0 saturated carbocycles. The third-order valence-corrected chi connectivity index (χ3v) is 2.25. The molecular formula is C11H12F3NO2. The fourth-order valence-electron chi connectivity index (χ4n) is 1.47. The van der Waals surface area contributed by atoms with Gasteiger partial charge in [-0.25, -0.2) is 4.79 Å². The van der Waals surface area contributed by atoms with Crippen LogP contribution in [0.5, 0.6) is 0 Å². The first-order valence-corrected chi connectivity index (χ1v) is 4.81. The molecule has 1 rings (SSSR count). The van der Waals surface area contributed by atoms with E-state index in [1.807, 2.05) is 0 Å². The Bertz CT molecular complexity index is 429. The van der Waals surface area contributed by atoms with Crippen molar-refractivity contribution < 1.29 is 22.7 Å². The summed E-state index contributed by atoms with van der Waals surface area (Å²) in [6.45, 7) is 3.17. The van der Waals surface area contributed by atoms with E-state index in [2.05, 4.69) is 10.5 Å². The Balaban J connectivity index is 3.21. The van der Waals surface area contributed by atoms with Gasteiger partial charge in [0.15, 0.2) is 0 Å². The van der Waals surface area contributed by atoms with Crippen LogP contribution in [0.3, 0.4) is 0 Å². The molecule has 6 heteroatoms. The molecule has 3 nitrogen and oxygen atoms in total. The standard InChI is InChI=1S/C11H12F3NO2/c1-6-3-4-7(2)8(5-6)9(11(12,13)14)17-10(15)16/h3-5,9H,1-2H3,(H2,15,16)/t9-/m0/s1. The number of alkyl halides is 3. The van der Waals surface area contributed by atoms with Gasteiger partial charge in [-0.15, -0.1) is 0 Å². The number of rotatable bonds is 2. The molecule has 0 aliphatic heterocycles. The number of hydrogen-bond donors (Lipinski definition) is 1. The quantitative estimate of drug-likeness (QED) is 0.873. The highest BCUT2D eigenvalue weighted by molar-refractivity contribution is 5.65. The maximum atomic E-state index is 12.7. The Morgan fingerprint density at radius 3 is 2.41 bits per heavy atom. The van der Waals surface area contributed by atoms with Crippen molar-refractivity contribution in [2.75, 3.05) is 0 Å². The van der Waals surface area contributed by atoms with Crippen molar-refractivity contribution >= 4 is 6.09 Å². The van der Waals surface area contributed by atoms with Crippen molar-refractivity contribution in [3.63, 3.8) is 0 Å². The van der Waals surface area contributed by atoms with Crippen molar-refractivity contribution in [2.24, 2.45) is 5.73 Å². The SMILES string of the molecule is Cc1ccc(C)c([C@H](OC(N)=O)C(F)(F)F)c1. The molecule has 0 unspecified atom stereocenters. The molecule has 17 heavy (non-hydrogen) atoms. The number of halogens is 3. The van der Waals surface area contributed by atoms with Crippen LogP contribution in [0, 0.1) is 13.8 Å². The van der Waals surface area contributed by atoms with Crippen molar-refractivity contribution in [3.8, 4) is 0 Å². The largest absolute Gasteiger partial charge is 0.432 e. The van der Waals surface area contributed by atoms with Crippen LogP contribution in [0.15, 0.2) is 18.2 Å². The minimum atomic E-state index is -4.69. The average molecular weight is 247 g/mol. The van der Waals surface area contributed by atoms with Crippen LogP contribution in [-0.2, 0) is 4.74 Å². The van der Waals surface area contributed by atoms with Crippen LogP contribution in [0.2, 0.25) is 0 Å². The smallest absolute Gasteiger partial charge is 0.429 e. The summed E-state index contributed by atoms with van der Waals surface area (Å²) in [6, 6.07) is 4.54. The molecule has 0 aromatic heterocycles. The number of hydrogen-bond acceptors (Lipinski definition) is 2. The molecule has 2 N–H and O–H groups in total. The normalized spacial score (nSPS) is 13.2. The Kier molecular flexibility index (Phi) is 3.65. The minimum Gasteiger partial charge on any atom is -0.432 e. The summed E-state index contributed by atoms with van der Waals surface area (Å²) < 4.78 is 42.4. The number of amides is 1. The molecule has 94 valence electrons. The molecule has 0 aliphatic carbocycles.